The Hall–Kier alpha value is -1.66. The number of ether oxygens (including phenoxy) is 1. The van der Waals surface area contributed by atoms with Gasteiger partial charge in [0.1, 0.15) is 0 Å². The Morgan fingerprint density at radius 1 is 1.08 bits per heavy atom. The third-order valence-electron chi connectivity index (χ3n) is 3.32. The van der Waals surface area contributed by atoms with Crippen LogP contribution in [0.3, 0.4) is 0 Å². The second kappa shape index (κ2) is 10.3. The predicted octanol–water partition coefficient (Wildman–Crippen LogP) is 4.96. The van der Waals surface area contributed by atoms with E-state index in [1.54, 1.807) is 24.3 Å². The summed E-state index contributed by atoms with van der Waals surface area (Å²) in [6.07, 6.45) is 0. The highest BCUT2D eigenvalue weighted by molar-refractivity contribution is 9.08. The quantitative estimate of drug-likeness (QED) is 0.520. The van der Waals surface area contributed by atoms with Gasteiger partial charge >= 0.3 is 11.9 Å². The van der Waals surface area contributed by atoms with Crippen LogP contribution in [0.15, 0.2) is 42.5 Å². The zero-order valence-corrected chi connectivity index (χ0v) is 16.6. The maximum Gasteiger partial charge on any atom is 0.337 e. The van der Waals surface area contributed by atoms with Gasteiger partial charge in [-0.25, -0.2) is 9.59 Å². The summed E-state index contributed by atoms with van der Waals surface area (Å²) in [5.41, 5.74) is 3.90. The number of benzene rings is 2. The Bertz CT molecular complexity index is 714. The lowest BCUT2D eigenvalue weighted by molar-refractivity contribution is 0.0599. The molecule has 0 atom stereocenters. The zero-order valence-electron chi connectivity index (χ0n) is 13.4. The van der Waals surface area contributed by atoms with Gasteiger partial charge in [-0.1, -0.05) is 56.1 Å². The van der Waals surface area contributed by atoms with Crippen molar-refractivity contribution in [2.45, 2.75) is 17.6 Å². The van der Waals surface area contributed by atoms with Crippen molar-refractivity contribution in [1.29, 1.82) is 0 Å². The van der Waals surface area contributed by atoms with E-state index in [1.165, 1.54) is 7.11 Å². The Labute approximate surface area is 158 Å². The first-order valence-electron chi connectivity index (χ1n) is 7.05. The van der Waals surface area contributed by atoms with Crippen LogP contribution in [-0.2, 0) is 15.4 Å². The highest BCUT2D eigenvalue weighted by Gasteiger charge is 2.08. The number of hydrogen-bond donors (Lipinski definition) is 1. The average molecular weight is 458 g/mol. The molecule has 2 rings (SSSR count). The maximum atomic E-state index is 11.0. The van der Waals surface area contributed by atoms with Gasteiger partial charge in [0.25, 0.3) is 0 Å². The number of carbonyl (C=O) groups excluding carboxylic acids is 1. The topological polar surface area (TPSA) is 63.6 Å². The molecule has 0 bridgehead atoms. The largest absolute Gasteiger partial charge is 0.478 e. The van der Waals surface area contributed by atoms with Gasteiger partial charge in [-0.05, 0) is 41.8 Å². The first kappa shape index (κ1) is 20.4. The molecule has 0 saturated heterocycles. The molecule has 0 unspecified atom stereocenters. The van der Waals surface area contributed by atoms with Crippen LogP contribution in [-0.4, -0.2) is 24.2 Å². The summed E-state index contributed by atoms with van der Waals surface area (Å²) < 4.78 is 4.58. The van der Waals surface area contributed by atoms with Crippen LogP contribution in [0.25, 0.3) is 0 Å². The number of esters is 1. The van der Waals surface area contributed by atoms with Crippen molar-refractivity contribution in [3.8, 4) is 0 Å². The van der Waals surface area contributed by atoms with E-state index in [4.69, 9.17) is 5.11 Å². The molecule has 0 heterocycles. The molecule has 4 nitrogen and oxygen atoms in total. The van der Waals surface area contributed by atoms with Gasteiger partial charge in [0.15, 0.2) is 0 Å². The minimum atomic E-state index is -0.865. The standard InChI is InChI=1S/2C9H9BrO2/c1-12-9(11)8-4-2-3-7(5-8)6-10;1-6-7(5-10)3-2-4-8(6)9(11)12/h2-5H,6H2,1H3;2-4H,5H2,1H3,(H,11,12). The highest BCUT2D eigenvalue weighted by atomic mass is 79.9. The lowest BCUT2D eigenvalue weighted by Crippen LogP contribution is -2.01. The monoisotopic (exact) mass is 456 g/mol. The molecule has 2 aromatic rings. The molecule has 0 saturated carbocycles. The van der Waals surface area contributed by atoms with E-state index in [9.17, 15) is 9.59 Å². The summed E-state index contributed by atoms with van der Waals surface area (Å²) in [6.45, 7) is 1.82. The van der Waals surface area contributed by atoms with Gasteiger partial charge in [-0.2, -0.15) is 0 Å². The van der Waals surface area contributed by atoms with Gasteiger partial charge in [0.2, 0.25) is 0 Å². The average Bonchev–Trinajstić information content (AvgIpc) is 2.61. The molecule has 0 spiro atoms. The van der Waals surface area contributed by atoms with E-state index >= 15 is 0 Å². The minimum Gasteiger partial charge on any atom is -0.478 e. The molecule has 0 amide bonds. The smallest absolute Gasteiger partial charge is 0.337 e. The van der Waals surface area contributed by atoms with Crippen LogP contribution in [0, 0.1) is 6.92 Å². The fourth-order valence-electron chi connectivity index (χ4n) is 1.96. The molecular formula is C18H18Br2O4. The fraction of sp³-hybridized carbons (Fsp3) is 0.222. The van der Waals surface area contributed by atoms with Crippen molar-refractivity contribution >= 4 is 43.8 Å². The van der Waals surface area contributed by atoms with E-state index in [0.717, 1.165) is 22.0 Å². The molecule has 0 aromatic heterocycles. The van der Waals surface area contributed by atoms with E-state index in [-0.39, 0.29) is 5.97 Å². The number of hydrogen-bond acceptors (Lipinski definition) is 3. The second-order valence-electron chi connectivity index (χ2n) is 4.85. The van der Waals surface area contributed by atoms with Crippen LogP contribution in [0.5, 0.6) is 0 Å². The number of carboxylic acid groups (broad SMARTS) is 1. The molecule has 0 aliphatic carbocycles. The van der Waals surface area contributed by atoms with Crippen LogP contribution in [0.4, 0.5) is 0 Å². The molecular weight excluding hydrogens is 440 g/mol. The summed E-state index contributed by atoms with van der Waals surface area (Å²) in [7, 11) is 1.38. The lowest BCUT2D eigenvalue weighted by Gasteiger charge is -2.04. The number of methoxy groups -OCH3 is 1. The molecule has 0 fully saturated rings. The summed E-state index contributed by atoms with van der Waals surface area (Å²) in [4.78, 5) is 21.7. The third-order valence-corrected chi connectivity index (χ3v) is 4.57. The Kier molecular flexibility index (Phi) is 8.71. The highest BCUT2D eigenvalue weighted by Crippen LogP contribution is 2.16. The number of aromatic carboxylic acids is 1. The summed E-state index contributed by atoms with van der Waals surface area (Å²) >= 11 is 6.61. The molecule has 0 radical (unpaired) electrons. The van der Waals surface area contributed by atoms with Crippen molar-refractivity contribution in [3.05, 3.63) is 70.3 Å². The van der Waals surface area contributed by atoms with Crippen molar-refractivity contribution in [2.24, 2.45) is 0 Å². The van der Waals surface area contributed by atoms with Gasteiger partial charge in [-0.15, -0.1) is 0 Å². The van der Waals surface area contributed by atoms with E-state index in [0.29, 0.717) is 16.5 Å². The van der Waals surface area contributed by atoms with E-state index in [1.807, 2.05) is 25.1 Å². The molecule has 2 aromatic carbocycles. The van der Waals surface area contributed by atoms with Gasteiger partial charge in [0.05, 0.1) is 18.2 Å². The Morgan fingerprint density at radius 2 is 1.75 bits per heavy atom. The molecule has 24 heavy (non-hydrogen) atoms. The minimum absolute atomic E-state index is 0.294. The van der Waals surface area contributed by atoms with Gasteiger partial charge in [-0.3, -0.25) is 0 Å². The van der Waals surface area contributed by atoms with Crippen molar-refractivity contribution in [2.75, 3.05) is 7.11 Å². The molecule has 1 N–H and O–H groups in total. The number of alkyl halides is 2. The number of halogens is 2. The second-order valence-corrected chi connectivity index (χ2v) is 5.98. The summed E-state index contributed by atoms with van der Waals surface area (Å²) in [5, 5.41) is 10.2. The van der Waals surface area contributed by atoms with Crippen LogP contribution in [0.2, 0.25) is 0 Å². The summed E-state index contributed by atoms with van der Waals surface area (Å²) in [6, 6.07) is 12.6. The fourth-order valence-corrected chi connectivity index (χ4v) is 2.92. The maximum absolute atomic E-state index is 11.0. The van der Waals surface area contributed by atoms with E-state index < -0.39 is 5.97 Å². The third kappa shape index (κ3) is 5.76. The molecule has 0 aliphatic heterocycles. The van der Waals surface area contributed by atoms with Crippen LogP contribution in [0.1, 0.15) is 37.4 Å². The van der Waals surface area contributed by atoms with E-state index in [2.05, 4.69) is 36.6 Å². The van der Waals surface area contributed by atoms with Gasteiger partial charge in [0, 0.05) is 10.7 Å². The predicted molar refractivity (Wildman–Crippen MR) is 101 cm³/mol. The number of carbonyl (C=O) groups is 2. The first-order chi connectivity index (χ1) is 11.4. The summed E-state index contributed by atoms with van der Waals surface area (Å²) in [5.74, 6) is -1.16. The molecule has 6 heteroatoms. The van der Waals surface area contributed by atoms with Crippen molar-refractivity contribution < 1.29 is 19.4 Å². The Balaban J connectivity index is 0.000000240. The molecule has 0 aliphatic rings. The van der Waals surface area contributed by atoms with Gasteiger partial charge < -0.3 is 9.84 Å². The first-order valence-corrected chi connectivity index (χ1v) is 9.29. The normalized spacial score (nSPS) is 9.67. The lowest BCUT2D eigenvalue weighted by atomic mass is 10.0. The van der Waals surface area contributed by atoms with Crippen molar-refractivity contribution in [3.63, 3.8) is 0 Å². The van der Waals surface area contributed by atoms with Crippen LogP contribution >= 0.6 is 31.9 Å². The number of rotatable bonds is 4. The Morgan fingerprint density at radius 3 is 2.29 bits per heavy atom. The van der Waals surface area contributed by atoms with Crippen LogP contribution < -0.4 is 0 Å². The number of carboxylic acids is 1. The SMILES string of the molecule is COC(=O)c1cccc(CBr)c1.Cc1c(CBr)cccc1C(=O)O. The zero-order chi connectivity index (χ0) is 18.1. The van der Waals surface area contributed by atoms with Crippen molar-refractivity contribution in [1.82, 2.24) is 0 Å². The molecule has 128 valence electrons.